The second-order valence-electron chi connectivity index (χ2n) is 8.11. The van der Waals surface area contributed by atoms with Gasteiger partial charge in [0, 0.05) is 31.3 Å². The minimum atomic E-state index is -0.429. The van der Waals surface area contributed by atoms with Crippen molar-refractivity contribution in [3.8, 4) is 11.4 Å². The number of amides is 1. The molecule has 0 fully saturated rings. The van der Waals surface area contributed by atoms with Crippen LogP contribution in [0.3, 0.4) is 0 Å². The van der Waals surface area contributed by atoms with E-state index in [1.165, 1.54) is 16.7 Å². The monoisotopic (exact) mass is 464 g/mol. The van der Waals surface area contributed by atoms with E-state index in [0.29, 0.717) is 33.5 Å². The third-order valence-electron chi connectivity index (χ3n) is 5.94. The van der Waals surface area contributed by atoms with Crippen molar-refractivity contribution in [2.24, 2.45) is 7.05 Å². The second kappa shape index (κ2) is 8.36. The van der Waals surface area contributed by atoms with E-state index in [4.69, 9.17) is 12.2 Å². The first-order valence-electron chi connectivity index (χ1n) is 10.7. The van der Waals surface area contributed by atoms with Gasteiger partial charge in [-0.3, -0.25) is 14.2 Å². The van der Waals surface area contributed by atoms with Gasteiger partial charge >= 0.3 is 0 Å². The van der Waals surface area contributed by atoms with Crippen LogP contribution in [0.25, 0.3) is 22.3 Å². The summed E-state index contributed by atoms with van der Waals surface area (Å²) in [5, 5.41) is 11.7. The number of hydrogen-bond donors (Lipinski definition) is 2. The average Bonchev–Trinajstić information content (AvgIpc) is 3.05. The number of anilines is 1. The number of benzene rings is 2. The standard InChI is InChI=1S/C23H21FN6O2S/c1-29-22(32)15-8-6-13(11-18(15)26-23(29)33)21(31)25-14-7-9-17(24)16(12-14)20-28-27-19-5-3-2-4-10-30(19)20/h6-9,11-12H,2-5,10H2,1H3,(H,25,31)(H,26,33). The number of rotatable bonds is 3. The Morgan fingerprint density at radius 2 is 2.00 bits per heavy atom. The molecule has 2 N–H and O–H groups in total. The highest BCUT2D eigenvalue weighted by Gasteiger charge is 2.19. The fourth-order valence-electron chi connectivity index (χ4n) is 4.11. The van der Waals surface area contributed by atoms with Gasteiger partial charge in [-0.2, -0.15) is 0 Å². The summed E-state index contributed by atoms with van der Waals surface area (Å²) < 4.78 is 18.3. The predicted molar refractivity (Wildman–Crippen MR) is 125 cm³/mol. The molecule has 0 radical (unpaired) electrons. The van der Waals surface area contributed by atoms with E-state index in [0.717, 1.165) is 38.1 Å². The van der Waals surface area contributed by atoms with E-state index in [1.54, 1.807) is 31.3 Å². The molecule has 0 unspecified atom stereocenters. The molecule has 33 heavy (non-hydrogen) atoms. The van der Waals surface area contributed by atoms with Gasteiger partial charge in [-0.05, 0) is 61.5 Å². The molecule has 0 atom stereocenters. The van der Waals surface area contributed by atoms with Gasteiger partial charge in [0.05, 0.1) is 16.5 Å². The maximum Gasteiger partial charge on any atom is 0.261 e. The minimum absolute atomic E-state index is 0.240. The van der Waals surface area contributed by atoms with Crippen molar-refractivity contribution in [2.75, 3.05) is 5.32 Å². The molecule has 3 heterocycles. The van der Waals surface area contributed by atoms with Gasteiger partial charge < -0.3 is 14.9 Å². The Labute approximate surface area is 193 Å². The van der Waals surface area contributed by atoms with Crippen LogP contribution in [0.1, 0.15) is 35.4 Å². The lowest BCUT2D eigenvalue weighted by molar-refractivity contribution is 0.102. The summed E-state index contributed by atoms with van der Waals surface area (Å²) in [6.07, 6.45) is 3.95. The average molecular weight is 465 g/mol. The SMILES string of the molecule is Cn1c(=S)[nH]c2cc(C(=O)Nc3ccc(F)c(-c4nnc5n4CCCCC5)c3)ccc2c1=O. The number of carbonyl (C=O) groups excluding carboxylic acids is 1. The van der Waals surface area contributed by atoms with Crippen molar-refractivity contribution in [1.29, 1.82) is 0 Å². The molecule has 0 saturated heterocycles. The van der Waals surface area contributed by atoms with Crippen LogP contribution in [0.2, 0.25) is 0 Å². The number of carbonyl (C=O) groups is 1. The van der Waals surface area contributed by atoms with E-state index in [1.807, 2.05) is 4.57 Å². The highest BCUT2D eigenvalue weighted by molar-refractivity contribution is 7.71. The Morgan fingerprint density at radius 1 is 1.15 bits per heavy atom. The fraction of sp³-hybridized carbons (Fsp3) is 0.261. The van der Waals surface area contributed by atoms with E-state index < -0.39 is 11.7 Å². The Balaban J connectivity index is 1.46. The summed E-state index contributed by atoms with van der Waals surface area (Å²) in [4.78, 5) is 28.2. The van der Waals surface area contributed by atoms with E-state index in [-0.39, 0.29) is 10.3 Å². The Hall–Kier alpha value is -3.66. The molecule has 8 nitrogen and oxygen atoms in total. The quantitative estimate of drug-likeness (QED) is 0.447. The third-order valence-corrected chi connectivity index (χ3v) is 6.31. The predicted octanol–water partition coefficient (Wildman–Crippen LogP) is 3.97. The van der Waals surface area contributed by atoms with Gasteiger partial charge in [-0.15, -0.1) is 10.2 Å². The van der Waals surface area contributed by atoms with Gasteiger partial charge in [0.15, 0.2) is 10.6 Å². The van der Waals surface area contributed by atoms with E-state index in [2.05, 4.69) is 20.5 Å². The third kappa shape index (κ3) is 3.86. The van der Waals surface area contributed by atoms with Gasteiger partial charge in [-0.1, -0.05) is 6.42 Å². The highest BCUT2D eigenvalue weighted by Crippen LogP contribution is 2.28. The summed E-state index contributed by atoms with van der Waals surface area (Å²) in [5.41, 5.74) is 1.29. The molecule has 0 bridgehead atoms. The van der Waals surface area contributed by atoms with Crippen LogP contribution in [0.4, 0.5) is 10.1 Å². The molecule has 2 aromatic carbocycles. The van der Waals surface area contributed by atoms with Gasteiger partial charge in [0.25, 0.3) is 11.5 Å². The zero-order valence-corrected chi connectivity index (χ0v) is 18.7. The van der Waals surface area contributed by atoms with Crippen molar-refractivity contribution in [1.82, 2.24) is 24.3 Å². The number of aromatic amines is 1. The first kappa shape index (κ1) is 21.2. The lowest BCUT2D eigenvalue weighted by Crippen LogP contribution is -2.19. The molecule has 0 saturated carbocycles. The Kier molecular flexibility index (Phi) is 5.37. The van der Waals surface area contributed by atoms with Crippen LogP contribution in [0.15, 0.2) is 41.2 Å². The number of halogens is 1. The van der Waals surface area contributed by atoms with E-state index >= 15 is 0 Å². The topological polar surface area (TPSA) is 97.6 Å². The Morgan fingerprint density at radius 3 is 2.85 bits per heavy atom. The number of nitrogens with one attached hydrogen (secondary N) is 2. The maximum absolute atomic E-state index is 14.7. The second-order valence-corrected chi connectivity index (χ2v) is 8.49. The minimum Gasteiger partial charge on any atom is -0.332 e. The molecular formula is C23H21FN6O2S. The summed E-state index contributed by atoms with van der Waals surface area (Å²) in [6, 6.07) is 9.11. The lowest BCUT2D eigenvalue weighted by atomic mass is 10.1. The number of aryl methyl sites for hydroxylation is 1. The molecule has 2 aromatic heterocycles. The number of nitrogens with zero attached hydrogens (tertiary/aromatic N) is 4. The van der Waals surface area contributed by atoms with Gasteiger partial charge in [-0.25, -0.2) is 4.39 Å². The summed E-state index contributed by atoms with van der Waals surface area (Å²) in [7, 11) is 1.58. The molecular weight excluding hydrogens is 443 g/mol. The summed E-state index contributed by atoms with van der Waals surface area (Å²) >= 11 is 5.16. The van der Waals surface area contributed by atoms with Gasteiger partial charge in [0.1, 0.15) is 11.6 Å². The molecule has 4 aromatic rings. The van der Waals surface area contributed by atoms with Crippen molar-refractivity contribution < 1.29 is 9.18 Å². The largest absolute Gasteiger partial charge is 0.332 e. The number of hydrogen-bond acceptors (Lipinski definition) is 5. The zero-order chi connectivity index (χ0) is 23.1. The highest BCUT2D eigenvalue weighted by atomic mass is 32.1. The first-order chi connectivity index (χ1) is 15.9. The fourth-order valence-corrected chi connectivity index (χ4v) is 4.30. The lowest BCUT2D eigenvalue weighted by Gasteiger charge is -2.11. The van der Waals surface area contributed by atoms with Crippen LogP contribution < -0.4 is 10.9 Å². The molecule has 0 spiro atoms. The molecule has 5 rings (SSSR count). The van der Waals surface area contributed by atoms with Crippen molar-refractivity contribution >= 4 is 34.7 Å². The van der Waals surface area contributed by atoms with Gasteiger partial charge in [0.2, 0.25) is 0 Å². The molecule has 1 aliphatic rings. The Bertz CT molecular complexity index is 1520. The normalized spacial score (nSPS) is 13.5. The molecule has 10 heteroatoms. The maximum atomic E-state index is 14.7. The molecule has 0 aliphatic carbocycles. The van der Waals surface area contributed by atoms with Crippen LogP contribution in [0, 0.1) is 10.6 Å². The molecule has 168 valence electrons. The van der Waals surface area contributed by atoms with E-state index in [9.17, 15) is 14.0 Å². The smallest absolute Gasteiger partial charge is 0.261 e. The van der Waals surface area contributed by atoms with Crippen LogP contribution in [0.5, 0.6) is 0 Å². The number of H-pyrrole nitrogens is 1. The van der Waals surface area contributed by atoms with Crippen molar-refractivity contribution in [3.63, 3.8) is 0 Å². The molecule has 1 amide bonds. The summed E-state index contributed by atoms with van der Waals surface area (Å²) in [5.74, 6) is 0.502. The number of aromatic nitrogens is 5. The summed E-state index contributed by atoms with van der Waals surface area (Å²) in [6.45, 7) is 0.742. The van der Waals surface area contributed by atoms with Crippen molar-refractivity contribution in [3.05, 3.63) is 68.7 Å². The van der Waals surface area contributed by atoms with Crippen molar-refractivity contribution in [2.45, 2.75) is 32.2 Å². The first-order valence-corrected chi connectivity index (χ1v) is 11.1. The number of fused-ring (bicyclic) bond motifs is 2. The molecule has 1 aliphatic heterocycles. The van der Waals surface area contributed by atoms with Crippen LogP contribution in [-0.4, -0.2) is 30.2 Å². The van der Waals surface area contributed by atoms with Crippen LogP contribution in [-0.2, 0) is 20.0 Å². The zero-order valence-electron chi connectivity index (χ0n) is 17.9. The van der Waals surface area contributed by atoms with Crippen LogP contribution >= 0.6 is 12.2 Å².